The number of carbonyl (C=O) groups is 2. The zero-order chi connectivity index (χ0) is 23.7. The lowest BCUT2D eigenvalue weighted by Crippen LogP contribution is -2.48. The molecule has 2 aromatic carbocycles. The van der Waals surface area contributed by atoms with Crippen molar-refractivity contribution in [2.75, 3.05) is 46.9 Å². The van der Waals surface area contributed by atoms with Gasteiger partial charge in [-0.15, -0.1) is 22.7 Å². The Bertz CT molecular complexity index is 1320. The van der Waals surface area contributed by atoms with E-state index in [1.54, 1.807) is 25.6 Å². The van der Waals surface area contributed by atoms with E-state index in [0.717, 1.165) is 43.9 Å². The van der Waals surface area contributed by atoms with Crippen molar-refractivity contribution >= 4 is 54.5 Å². The summed E-state index contributed by atoms with van der Waals surface area (Å²) in [5.41, 5.74) is 0.689. The summed E-state index contributed by atoms with van der Waals surface area (Å²) in [6.07, 6.45) is 0.427. The minimum Gasteiger partial charge on any atom is -0.496 e. The Labute approximate surface area is 206 Å². The number of methoxy groups -OCH3 is 2. The molecule has 2 aromatic heterocycles. The second-order valence-corrected chi connectivity index (χ2v) is 10.2. The van der Waals surface area contributed by atoms with E-state index < -0.39 is 0 Å². The van der Waals surface area contributed by atoms with Gasteiger partial charge < -0.3 is 14.4 Å². The van der Waals surface area contributed by atoms with Crippen molar-refractivity contribution in [3.8, 4) is 11.5 Å². The maximum Gasteiger partial charge on any atom is 0.264 e. The normalized spacial score (nSPS) is 14.6. The lowest BCUT2D eigenvalue weighted by Gasteiger charge is -2.34. The highest BCUT2D eigenvalue weighted by Gasteiger charge is 2.25. The molecule has 0 aliphatic carbocycles. The van der Waals surface area contributed by atoms with Crippen LogP contribution in [0.15, 0.2) is 47.8 Å². The first kappa shape index (κ1) is 22.8. The molecule has 1 saturated heterocycles. The third-order valence-corrected chi connectivity index (χ3v) is 8.44. The van der Waals surface area contributed by atoms with E-state index >= 15 is 0 Å². The van der Waals surface area contributed by atoms with E-state index in [9.17, 15) is 9.59 Å². The molecule has 176 valence electrons. The second kappa shape index (κ2) is 9.74. The van der Waals surface area contributed by atoms with Crippen LogP contribution in [0.1, 0.15) is 26.5 Å². The van der Waals surface area contributed by atoms with Gasteiger partial charge in [0.2, 0.25) is 0 Å². The molecule has 0 bridgehead atoms. The smallest absolute Gasteiger partial charge is 0.264 e. The maximum absolute atomic E-state index is 13.1. The SMILES string of the molecule is COc1ccc(OC)c2c(C(=O)CCN3CCN(C(=O)c4cc5ccccc5s4)CC3)csc12. The largest absolute Gasteiger partial charge is 0.496 e. The Hall–Kier alpha value is -2.94. The molecule has 1 fully saturated rings. The minimum absolute atomic E-state index is 0.0987. The fourth-order valence-corrected chi connectivity index (χ4v) is 6.55. The number of Topliss-reactive ketones (excluding diaryl/α,β-unsaturated/α-hetero) is 1. The topological polar surface area (TPSA) is 59.1 Å². The van der Waals surface area contributed by atoms with Crippen LogP contribution in [0.2, 0.25) is 0 Å². The van der Waals surface area contributed by atoms with E-state index in [2.05, 4.69) is 4.90 Å². The fraction of sp³-hybridized carbons (Fsp3) is 0.308. The Morgan fingerprint density at radius 3 is 2.44 bits per heavy atom. The molecule has 1 aliphatic rings. The number of carbonyl (C=O) groups excluding carboxylic acids is 2. The average molecular weight is 495 g/mol. The average Bonchev–Trinajstić information content (AvgIpc) is 3.52. The fourth-order valence-electron chi connectivity index (χ4n) is 4.44. The molecular formula is C26H26N2O4S2. The summed E-state index contributed by atoms with van der Waals surface area (Å²) in [6.45, 7) is 3.56. The predicted molar refractivity (Wildman–Crippen MR) is 138 cm³/mol. The van der Waals surface area contributed by atoms with E-state index in [0.29, 0.717) is 37.4 Å². The summed E-state index contributed by atoms with van der Waals surface area (Å²) in [7, 11) is 3.25. The summed E-state index contributed by atoms with van der Waals surface area (Å²) >= 11 is 3.06. The molecule has 5 rings (SSSR count). The molecule has 6 nitrogen and oxygen atoms in total. The highest BCUT2D eigenvalue weighted by molar-refractivity contribution is 7.20. The zero-order valence-corrected chi connectivity index (χ0v) is 20.8. The van der Waals surface area contributed by atoms with Gasteiger partial charge in [0.1, 0.15) is 11.5 Å². The quantitative estimate of drug-likeness (QED) is 0.332. The molecule has 1 amide bonds. The number of amides is 1. The number of thiophene rings is 2. The second-order valence-electron chi connectivity index (χ2n) is 8.28. The summed E-state index contributed by atoms with van der Waals surface area (Å²) in [5, 5.41) is 3.85. The van der Waals surface area contributed by atoms with Crippen molar-refractivity contribution in [2.45, 2.75) is 6.42 Å². The molecule has 34 heavy (non-hydrogen) atoms. The summed E-state index contributed by atoms with van der Waals surface area (Å²) in [5.74, 6) is 1.64. The number of rotatable bonds is 7. The maximum atomic E-state index is 13.1. The third kappa shape index (κ3) is 4.29. The molecule has 3 heterocycles. The predicted octanol–water partition coefficient (Wildman–Crippen LogP) is 5.16. The lowest BCUT2D eigenvalue weighted by atomic mass is 10.1. The first-order valence-electron chi connectivity index (χ1n) is 11.2. The van der Waals surface area contributed by atoms with E-state index in [1.807, 2.05) is 52.7 Å². The van der Waals surface area contributed by atoms with E-state index in [4.69, 9.17) is 9.47 Å². The summed E-state index contributed by atoms with van der Waals surface area (Å²) in [6, 6.07) is 13.8. The number of hydrogen-bond donors (Lipinski definition) is 0. The molecule has 0 N–H and O–H groups in total. The third-order valence-electron chi connectivity index (χ3n) is 6.34. The van der Waals surface area contributed by atoms with Crippen LogP contribution in [0.4, 0.5) is 0 Å². The Kier molecular flexibility index (Phi) is 6.54. The van der Waals surface area contributed by atoms with Gasteiger partial charge >= 0.3 is 0 Å². The first-order valence-corrected chi connectivity index (χ1v) is 12.9. The van der Waals surface area contributed by atoms with Gasteiger partial charge in [-0.05, 0) is 29.7 Å². The standard InChI is InChI=1S/C26H26N2O4S2/c1-31-20-7-8-21(32-2)25-24(20)18(16-33-25)19(29)9-10-27-11-13-28(14-12-27)26(30)23-15-17-5-3-4-6-22(17)34-23/h3-8,15-16H,9-14H2,1-2H3. The van der Waals surface area contributed by atoms with Crippen LogP contribution < -0.4 is 9.47 Å². The monoisotopic (exact) mass is 494 g/mol. The van der Waals surface area contributed by atoms with Crippen LogP contribution in [0, 0.1) is 0 Å². The number of benzene rings is 2. The molecule has 4 aromatic rings. The number of ether oxygens (including phenoxy) is 2. The number of nitrogens with zero attached hydrogens (tertiary/aromatic N) is 2. The molecular weight excluding hydrogens is 468 g/mol. The van der Waals surface area contributed by atoms with Gasteiger partial charge in [0.25, 0.3) is 5.91 Å². The summed E-state index contributed by atoms with van der Waals surface area (Å²) in [4.78, 5) is 31.0. The summed E-state index contributed by atoms with van der Waals surface area (Å²) < 4.78 is 13.0. The van der Waals surface area contributed by atoms with Gasteiger partial charge in [-0.1, -0.05) is 18.2 Å². The van der Waals surface area contributed by atoms with Crippen LogP contribution in [0.3, 0.4) is 0 Å². The van der Waals surface area contributed by atoms with Crippen molar-refractivity contribution in [3.05, 3.63) is 58.3 Å². The lowest BCUT2D eigenvalue weighted by molar-refractivity contribution is 0.0633. The van der Waals surface area contributed by atoms with Gasteiger partial charge in [0.15, 0.2) is 5.78 Å². The van der Waals surface area contributed by atoms with E-state index in [1.165, 1.54) is 11.3 Å². The zero-order valence-electron chi connectivity index (χ0n) is 19.2. The number of piperazine rings is 1. The van der Waals surface area contributed by atoms with Crippen LogP contribution >= 0.6 is 22.7 Å². The molecule has 0 atom stereocenters. The Morgan fingerprint density at radius 1 is 0.971 bits per heavy atom. The molecule has 0 unspecified atom stereocenters. The van der Waals surface area contributed by atoms with Crippen molar-refractivity contribution < 1.29 is 19.1 Å². The van der Waals surface area contributed by atoms with Crippen LogP contribution in [0.5, 0.6) is 11.5 Å². The Balaban J connectivity index is 1.20. The van der Waals surface area contributed by atoms with Crippen molar-refractivity contribution in [2.24, 2.45) is 0 Å². The highest BCUT2D eigenvalue weighted by Crippen LogP contribution is 2.40. The molecule has 8 heteroatoms. The molecule has 1 aliphatic heterocycles. The minimum atomic E-state index is 0.0987. The first-order chi connectivity index (χ1) is 16.6. The van der Waals surface area contributed by atoms with Crippen LogP contribution in [0.25, 0.3) is 20.2 Å². The van der Waals surface area contributed by atoms with Gasteiger partial charge in [0, 0.05) is 60.2 Å². The van der Waals surface area contributed by atoms with Gasteiger partial charge in [0.05, 0.1) is 23.8 Å². The van der Waals surface area contributed by atoms with Gasteiger partial charge in [-0.3, -0.25) is 14.5 Å². The number of fused-ring (bicyclic) bond motifs is 2. The highest BCUT2D eigenvalue weighted by atomic mass is 32.1. The van der Waals surface area contributed by atoms with Crippen LogP contribution in [-0.4, -0.2) is 68.4 Å². The van der Waals surface area contributed by atoms with E-state index in [-0.39, 0.29) is 11.7 Å². The molecule has 0 radical (unpaired) electrons. The number of ketones is 1. The number of hydrogen-bond acceptors (Lipinski definition) is 7. The van der Waals surface area contributed by atoms with Crippen molar-refractivity contribution in [1.29, 1.82) is 0 Å². The van der Waals surface area contributed by atoms with Crippen LogP contribution in [-0.2, 0) is 0 Å². The van der Waals surface area contributed by atoms with Gasteiger partial charge in [-0.2, -0.15) is 0 Å². The van der Waals surface area contributed by atoms with Gasteiger partial charge in [-0.25, -0.2) is 0 Å². The van der Waals surface area contributed by atoms with Crippen molar-refractivity contribution in [3.63, 3.8) is 0 Å². The molecule has 0 spiro atoms. The molecule has 0 saturated carbocycles. The van der Waals surface area contributed by atoms with Crippen molar-refractivity contribution in [1.82, 2.24) is 9.80 Å². The Morgan fingerprint density at radius 2 is 1.71 bits per heavy atom.